The fourth-order valence-electron chi connectivity index (χ4n) is 7.44. The Morgan fingerprint density at radius 2 is 0.943 bits per heavy atom. The molecule has 0 fully saturated rings. The minimum Gasteiger partial charge on any atom is -0.456 e. The first kappa shape index (κ1) is 29.4. The summed E-state index contributed by atoms with van der Waals surface area (Å²) in [6.07, 6.45) is 0. The third-order valence-electron chi connectivity index (χ3n) is 9.99. The summed E-state index contributed by atoms with van der Waals surface area (Å²) in [7, 11) is 0. The molecule has 4 heterocycles. The van der Waals surface area contributed by atoms with Gasteiger partial charge in [0.05, 0.1) is 22.1 Å². The molecule has 0 radical (unpaired) electrons. The van der Waals surface area contributed by atoms with Gasteiger partial charge in [-0.3, -0.25) is 8.97 Å². The van der Waals surface area contributed by atoms with Crippen molar-refractivity contribution in [2.24, 2.45) is 0 Å². The lowest BCUT2D eigenvalue weighted by Gasteiger charge is -2.10. The topological polar surface area (TPSA) is 74.0 Å². The average molecular weight is 681 g/mol. The van der Waals surface area contributed by atoms with E-state index < -0.39 is 0 Å². The largest absolute Gasteiger partial charge is 0.456 e. The highest BCUT2D eigenvalue weighted by Crippen LogP contribution is 2.36. The van der Waals surface area contributed by atoms with Gasteiger partial charge < -0.3 is 4.42 Å². The minimum absolute atomic E-state index is 0.616. The van der Waals surface area contributed by atoms with Crippen molar-refractivity contribution in [2.75, 3.05) is 0 Å². The summed E-state index contributed by atoms with van der Waals surface area (Å²) in [5, 5.41) is 2.23. The third kappa shape index (κ3) is 4.75. The zero-order valence-corrected chi connectivity index (χ0v) is 28.3. The van der Waals surface area contributed by atoms with Crippen molar-refractivity contribution in [3.63, 3.8) is 0 Å². The summed E-state index contributed by atoms with van der Waals surface area (Å²) in [6, 6.07) is 58.1. The molecule has 0 spiro atoms. The molecule has 0 N–H and O–H groups in total. The van der Waals surface area contributed by atoms with E-state index in [0.29, 0.717) is 17.5 Å². The lowest BCUT2D eigenvalue weighted by atomic mass is 10.0. The predicted molar refractivity (Wildman–Crippen MR) is 212 cm³/mol. The second-order valence-electron chi connectivity index (χ2n) is 13.2. The Balaban J connectivity index is 1.06. The molecule has 53 heavy (non-hydrogen) atoms. The summed E-state index contributed by atoms with van der Waals surface area (Å²) in [5.74, 6) is 2.74. The maximum Gasteiger partial charge on any atom is 0.220 e. The van der Waals surface area contributed by atoms with Crippen molar-refractivity contribution in [3.8, 4) is 51.0 Å². The monoisotopic (exact) mass is 680 g/mol. The number of aromatic nitrogens is 6. The Kier molecular flexibility index (Phi) is 6.42. The number of nitrogens with zero attached hydrogens (tertiary/aromatic N) is 6. The van der Waals surface area contributed by atoms with Gasteiger partial charge >= 0.3 is 0 Å². The first-order chi connectivity index (χ1) is 26.2. The number of rotatable bonds is 5. The number of imidazole rings is 2. The van der Waals surface area contributed by atoms with Gasteiger partial charge in [-0.15, -0.1) is 0 Å². The first-order valence-corrected chi connectivity index (χ1v) is 17.6. The van der Waals surface area contributed by atoms with E-state index in [1.165, 1.54) is 0 Å². The Labute approximate surface area is 303 Å². The van der Waals surface area contributed by atoms with Crippen LogP contribution in [0.4, 0.5) is 0 Å². The molecule has 0 saturated heterocycles. The van der Waals surface area contributed by atoms with Crippen molar-refractivity contribution in [1.29, 1.82) is 0 Å². The molecule has 0 aliphatic heterocycles. The Morgan fingerprint density at radius 1 is 0.377 bits per heavy atom. The van der Waals surface area contributed by atoms with Crippen LogP contribution in [0.25, 0.3) is 101 Å². The van der Waals surface area contributed by atoms with Crippen LogP contribution in [-0.2, 0) is 0 Å². The van der Waals surface area contributed by atoms with Crippen molar-refractivity contribution in [3.05, 3.63) is 170 Å². The molecule has 7 aromatic carbocycles. The number of hydrogen-bond acceptors (Lipinski definition) is 5. The van der Waals surface area contributed by atoms with Gasteiger partial charge in [0.1, 0.15) is 11.2 Å². The number of fused-ring (bicyclic) bond motifs is 8. The molecule has 0 saturated carbocycles. The van der Waals surface area contributed by atoms with Crippen LogP contribution in [0.15, 0.2) is 174 Å². The van der Waals surface area contributed by atoms with Gasteiger partial charge in [0.2, 0.25) is 5.78 Å². The highest BCUT2D eigenvalue weighted by atomic mass is 16.3. The van der Waals surface area contributed by atoms with Gasteiger partial charge in [0.15, 0.2) is 17.5 Å². The summed E-state index contributed by atoms with van der Waals surface area (Å²) in [5.41, 5.74) is 11.9. The molecule has 0 atom stereocenters. The van der Waals surface area contributed by atoms with E-state index in [1.807, 2.05) is 78.9 Å². The van der Waals surface area contributed by atoms with Gasteiger partial charge in [-0.2, -0.15) is 0 Å². The van der Waals surface area contributed by atoms with Crippen LogP contribution >= 0.6 is 0 Å². The second-order valence-corrected chi connectivity index (χ2v) is 13.2. The molecule has 11 rings (SSSR count). The van der Waals surface area contributed by atoms with Crippen LogP contribution in [0.5, 0.6) is 0 Å². The van der Waals surface area contributed by atoms with Gasteiger partial charge in [0.25, 0.3) is 0 Å². The quantitative estimate of drug-likeness (QED) is 0.181. The fourth-order valence-corrected chi connectivity index (χ4v) is 7.44. The molecule has 0 bridgehead atoms. The maximum absolute atomic E-state index is 6.12. The Bertz CT molecular complexity index is 3100. The Morgan fingerprint density at radius 3 is 1.68 bits per heavy atom. The van der Waals surface area contributed by atoms with E-state index in [1.54, 1.807) is 0 Å². The number of para-hydroxylation sites is 3. The lowest BCUT2D eigenvalue weighted by Crippen LogP contribution is -2.00. The Hall–Kier alpha value is -7.38. The predicted octanol–water partition coefficient (Wildman–Crippen LogP) is 11.2. The van der Waals surface area contributed by atoms with Crippen molar-refractivity contribution in [2.45, 2.75) is 0 Å². The number of benzene rings is 7. The van der Waals surface area contributed by atoms with Gasteiger partial charge in [0, 0.05) is 33.2 Å². The van der Waals surface area contributed by atoms with E-state index in [0.717, 1.165) is 83.3 Å². The molecule has 248 valence electrons. The second kappa shape index (κ2) is 11.6. The van der Waals surface area contributed by atoms with Crippen molar-refractivity contribution >= 4 is 49.8 Å². The summed E-state index contributed by atoms with van der Waals surface area (Å²) in [4.78, 5) is 19.9. The van der Waals surface area contributed by atoms with E-state index in [2.05, 4.69) is 100.0 Å². The highest BCUT2D eigenvalue weighted by Gasteiger charge is 2.19. The van der Waals surface area contributed by atoms with E-state index >= 15 is 0 Å². The van der Waals surface area contributed by atoms with E-state index in [-0.39, 0.29) is 0 Å². The summed E-state index contributed by atoms with van der Waals surface area (Å²) in [6.45, 7) is 0. The standard InChI is InChI=1S/C46H28N6O/c1-3-11-29(12-4-1)43-48-44(30-13-5-2-6-14-30)50-45(49-43)31-19-23-34(24-20-31)51-39-25-21-33(28-40(39)52-38-17-9-8-16-37(38)47-46(51)52)32-22-26-42-36(27-32)35-15-7-10-18-41(35)53-42/h1-28H. The summed E-state index contributed by atoms with van der Waals surface area (Å²) >= 11 is 0. The van der Waals surface area contributed by atoms with Crippen LogP contribution in [0.1, 0.15) is 0 Å². The molecule has 11 aromatic rings. The smallest absolute Gasteiger partial charge is 0.220 e. The third-order valence-corrected chi connectivity index (χ3v) is 9.99. The van der Waals surface area contributed by atoms with Gasteiger partial charge in [-0.25, -0.2) is 19.9 Å². The van der Waals surface area contributed by atoms with Crippen LogP contribution in [0.2, 0.25) is 0 Å². The molecule has 7 heteroatoms. The summed E-state index contributed by atoms with van der Waals surface area (Å²) < 4.78 is 10.6. The number of hydrogen-bond donors (Lipinski definition) is 0. The molecule has 4 aromatic heterocycles. The lowest BCUT2D eigenvalue weighted by molar-refractivity contribution is 0.669. The SMILES string of the molecule is c1ccc(-c2nc(-c3ccccc3)nc(-c3ccc(-n4c5ccc(-c6ccc7oc8ccccc8c7c6)cc5n5c6ccccc6nc45)cc3)n2)cc1. The molecule has 0 aliphatic rings. The zero-order valence-electron chi connectivity index (χ0n) is 28.3. The molecule has 0 unspecified atom stereocenters. The van der Waals surface area contributed by atoms with Crippen molar-refractivity contribution < 1.29 is 4.42 Å². The van der Waals surface area contributed by atoms with Crippen LogP contribution in [0, 0.1) is 0 Å². The van der Waals surface area contributed by atoms with Crippen LogP contribution in [-0.4, -0.2) is 28.9 Å². The molecule has 0 aliphatic carbocycles. The van der Waals surface area contributed by atoms with Gasteiger partial charge in [-0.05, 0) is 77.9 Å². The van der Waals surface area contributed by atoms with Gasteiger partial charge in [-0.1, -0.05) is 103 Å². The number of furan rings is 1. The normalized spacial score (nSPS) is 11.8. The van der Waals surface area contributed by atoms with E-state index in [9.17, 15) is 0 Å². The van der Waals surface area contributed by atoms with Crippen LogP contribution in [0.3, 0.4) is 0 Å². The zero-order chi connectivity index (χ0) is 34.9. The molecular formula is C46H28N6O. The molecule has 7 nitrogen and oxygen atoms in total. The molecular weight excluding hydrogens is 653 g/mol. The van der Waals surface area contributed by atoms with Crippen LogP contribution < -0.4 is 0 Å². The minimum atomic E-state index is 0.616. The molecule has 0 amide bonds. The van der Waals surface area contributed by atoms with E-state index in [4.69, 9.17) is 24.4 Å². The first-order valence-electron chi connectivity index (χ1n) is 17.6. The average Bonchev–Trinajstić information content (AvgIpc) is 3.89. The maximum atomic E-state index is 6.12. The highest BCUT2D eigenvalue weighted by molar-refractivity contribution is 6.06. The fraction of sp³-hybridized carbons (Fsp3) is 0. The van der Waals surface area contributed by atoms with Crippen molar-refractivity contribution in [1.82, 2.24) is 28.9 Å².